The van der Waals surface area contributed by atoms with Crippen LogP contribution in [0.4, 0.5) is 0 Å². The first kappa shape index (κ1) is 21.2. The summed E-state index contributed by atoms with van der Waals surface area (Å²) in [7, 11) is 2.10. The summed E-state index contributed by atoms with van der Waals surface area (Å²) in [5.41, 5.74) is 2.30. The topological polar surface area (TPSA) is 90.5 Å². The van der Waals surface area contributed by atoms with Crippen molar-refractivity contribution in [3.63, 3.8) is 0 Å². The molecular formula is C22H34N6O2. The minimum absolute atomic E-state index is 0.0132. The number of likely N-dealkylation sites (N-methyl/N-ethyl adjacent to an activating group) is 1. The van der Waals surface area contributed by atoms with Gasteiger partial charge < -0.3 is 15.5 Å². The summed E-state index contributed by atoms with van der Waals surface area (Å²) in [6.45, 7) is 5.57. The average molecular weight is 415 g/mol. The van der Waals surface area contributed by atoms with Crippen LogP contribution in [0.5, 0.6) is 0 Å². The van der Waals surface area contributed by atoms with Crippen LogP contribution in [0.2, 0.25) is 0 Å². The van der Waals surface area contributed by atoms with E-state index in [0.717, 1.165) is 50.5 Å². The van der Waals surface area contributed by atoms with Crippen molar-refractivity contribution in [2.24, 2.45) is 5.92 Å². The zero-order valence-electron chi connectivity index (χ0n) is 18.2. The van der Waals surface area contributed by atoms with E-state index in [0.29, 0.717) is 31.4 Å². The average Bonchev–Trinajstić information content (AvgIpc) is 3.46. The number of carbonyl (C=O) groups is 2. The zero-order valence-corrected chi connectivity index (χ0v) is 18.2. The highest BCUT2D eigenvalue weighted by atomic mass is 16.2. The number of hydrogen-bond acceptors (Lipinski definition) is 6. The fraction of sp³-hybridized carbons (Fsp3) is 0.727. The number of hydrogen-bond donors (Lipinski definition) is 2. The Hall–Kier alpha value is -2.06. The van der Waals surface area contributed by atoms with Gasteiger partial charge in [0.25, 0.3) is 0 Å². The predicted octanol–water partition coefficient (Wildman–Crippen LogP) is 0.850. The van der Waals surface area contributed by atoms with Crippen molar-refractivity contribution < 1.29 is 9.59 Å². The summed E-state index contributed by atoms with van der Waals surface area (Å²) >= 11 is 0. The molecule has 8 nitrogen and oxygen atoms in total. The van der Waals surface area contributed by atoms with Crippen LogP contribution in [0.3, 0.4) is 0 Å². The summed E-state index contributed by atoms with van der Waals surface area (Å²) in [6, 6.07) is 0.596. The van der Waals surface area contributed by atoms with Crippen molar-refractivity contribution in [1.29, 1.82) is 0 Å². The second-order valence-electron chi connectivity index (χ2n) is 9.19. The monoisotopic (exact) mass is 414 g/mol. The molecule has 0 aromatic carbocycles. The Morgan fingerprint density at radius 2 is 1.97 bits per heavy atom. The lowest BCUT2D eigenvalue weighted by atomic mass is 10.1. The first-order valence-electron chi connectivity index (χ1n) is 11.3. The van der Waals surface area contributed by atoms with Gasteiger partial charge in [-0.05, 0) is 38.6 Å². The maximum atomic E-state index is 12.7. The number of likely N-dealkylation sites (tertiary alicyclic amines) is 1. The van der Waals surface area contributed by atoms with Gasteiger partial charge in [0.1, 0.15) is 5.82 Å². The molecule has 2 N–H and O–H groups in total. The molecule has 1 saturated heterocycles. The first-order chi connectivity index (χ1) is 14.5. The Kier molecular flexibility index (Phi) is 6.63. The highest BCUT2D eigenvalue weighted by Crippen LogP contribution is 2.35. The number of carbonyl (C=O) groups excluding carboxylic acids is 2. The Labute approximate surface area is 178 Å². The molecule has 3 heterocycles. The molecule has 4 rings (SSSR count). The van der Waals surface area contributed by atoms with E-state index in [4.69, 9.17) is 0 Å². The molecule has 3 aliphatic rings. The van der Waals surface area contributed by atoms with Crippen molar-refractivity contribution in [2.75, 3.05) is 26.7 Å². The molecule has 0 bridgehead atoms. The smallest absolute Gasteiger partial charge is 0.221 e. The van der Waals surface area contributed by atoms with Gasteiger partial charge in [-0.1, -0.05) is 0 Å². The van der Waals surface area contributed by atoms with E-state index in [1.807, 2.05) is 6.20 Å². The number of fused-ring (bicyclic) bond motifs is 1. The van der Waals surface area contributed by atoms with E-state index in [1.54, 1.807) is 6.92 Å². The van der Waals surface area contributed by atoms with Crippen molar-refractivity contribution in [2.45, 2.75) is 70.6 Å². The van der Waals surface area contributed by atoms with E-state index in [9.17, 15) is 9.59 Å². The molecule has 0 spiro atoms. The summed E-state index contributed by atoms with van der Waals surface area (Å²) < 4.78 is 0. The molecule has 2 fully saturated rings. The van der Waals surface area contributed by atoms with Crippen molar-refractivity contribution >= 4 is 11.8 Å². The van der Waals surface area contributed by atoms with Gasteiger partial charge in [-0.15, -0.1) is 0 Å². The van der Waals surface area contributed by atoms with Gasteiger partial charge >= 0.3 is 0 Å². The Morgan fingerprint density at radius 3 is 2.73 bits per heavy atom. The normalized spacial score (nSPS) is 24.5. The third-order valence-electron chi connectivity index (χ3n) is 6.56. The number of aromatic nitrogens is 2. The quantitative estimate of drug-likeness (QED) is 0.656. The fourth-order valence-corrected chi connectivity index (χ4v) is 4.66. The van der Waals surface area contributed by atoms with Crippen LogP contribution in [0, 0.1) is 5.92 Å². The van der Waals surface area contributed by atoms with Gasteiger partial charge in [-0.3, -0.25) is 14.5 Å². The molecular weight excluding hydrogens is 380 g/mol. The third kappa shape index (κ3) is 5.55. The molecule has 164 valence electrons. The SMILES string of the molecule is CC(=O)NC[C@H]1CC[C@@H](CC(=O)NCc2ncc3c(n2)CCN(C)C3)N1CC1CC1. The maximum Gasteiger partial charge on any atom is 0.221 e. The van der Waals surface area contributed by atoms with E-state index < -0.39 is 0 Å². The van der Waals surface area contributed by atoms with E-state index in [-0.39, 0.29) is 17.9 Å². The number of nitrogens with one attached hydrogen (secondary N) is 2. The first-order valence-corrected chi connectivity index (χ1v) is 11.3. The molecule has 1 aliphatic carbocycles. The summed E-state index contributed by atoms with van der Waals surface area (Å²) in [5, 5.41) is 5.98. The lowest BCUT2D eigenvalue weighted by Gasteiger charge is -2.30. The minimum atomic E-state index is 0.0132. The molecule has 2 amide bonds. The highest BCUT2D eigenvalue weighted by molar-refractivity contribution is 5.76. The third-order valence-corrected chi connectivity index (χ3v) is 6.56. The number of amides is 2. The molecule has 2 atom stereocenters. The molecule has 1 saturated carbocycles. The summed E-state index contributed by atoms with van der Waals surface area (Å²) in [6.07, 6.45) is 7.95. The molecule has 30 heavy (non-hydrogen) atoms. The van der Waals surface area contributed by atoms with Gasteiger partial charge in [0.05, 0.1) is 6.54 Å². The fourth-order valence-electron chi connectivity index (χ4n) is 4.66. The molecule has 1 aromatic rings. The molecule has 0 radical (unpaired) electrons. The van der Waals surface area contributed by atoms with Crippen LogP contribution in [-0.2, 0) is 29.1 Å². The van der Waals surface area contributed by atoms with Crippen molar-refractivity contribution in [3.8, 4) is 0 Å². The zero-order chi connectivity index (χ0) is 21.1. The largest absolute Gasteiger partial charge is 0.355 e. The van der Waals surface area contributed by atoms with Gasteiger partial charge in [-0.25, -0.2) is 9.97 Å². The summed E-state index contributed by atoms with van der Waals surface area (Å²) in [4.78, 5) is 37.8. The van der Waals surface area contributed by atoms with Crippen molar-refractivity contribution in [1.82, 2.24) is 30.4 Å². The molecule has 0 unspecified atom stereocenters. The molecule has 8 heteroatoms. The number of nitrogens with zero attached hydrogens (tertiary/aromatic N) is 4. The second-order valence-corrected chi connectivity index (χ2v) is 9.19. The van der Waals surface area contributed by atoms with Gasteiger partial charge in [0.15, 0.2) is 0 Å². The van der Waals surface area contributed by atoms with Crippen molar-refractivity contribution in [3.05, 3.63) is 23.3 Å². The Morgan fingerprint density at radius 1 is 1.17 bits per heavy atom. The number of rotatable bonds is 8. The van der Waals surface area contributed by atoms with Gasteiger partial charge in [0.2, 0.25) is 11.8 Å². The van der Waals surface area contributed by atoms with Gasteiger partial charge in [-0.2, -0.15) is 0 Å². The van der Waals surface area contributed by atoms with Gasteiger partial charge in [0, 0.05) is 75.5 Å². The maximum absolute atomic E-state index is 12.7. The van der Waals surface area contributed by atoms with Crippen LogP contribution in [-0.4, -0.2) is 70.3 Å². The Balaban J connectivity index is 1.29. The molecule has 1 aromatic heterocycles. The highest BCUT2D eigenvalue weighted by Gasteiger charge is 2.37. The second kappa shape index (κ2) is 9.39. The van der Waals surface area contributed by atoms with E-state index in [2.05, 4.69) is 37.4 Å². The standard InChI is InChI=1S/C22H34N6O2/c1-15(29)23-11-19-6-5-18(28(19)13-16-3-4-16)9-22(30)25-12-21-24-10-17-14-27(2)8-7-20(17)26-21/h10,16,18-19H,3-9,11-14H2,1-2H3,(H,23,29)(H,25,30)/t18-,19+/m0/s1. The predicted molar refractivity (Wildman–Crippen MR) is 113 cm³/mol. The van der Waals surface area contributed by atoms with Crippen LogP contribution in [0.25, 0.3) is 0 Å². The lowest BCUT2D eigenvalue weighted by Crippen LogP contribution is -2.45. The summed E-state index contributed by atoms with van der Waals surface area (Å²) in [5.74, 6) is 1.52. The molecule has 2 aliphatic heterocycles. The van der Waals surface area contributed by atoms with E-state index in [1.165, 1.54) is 18.4 Å². The van der Waals surface area contributed by atoms with Crippen LogP contribution >= 0.6 is 0 Å². The van der Waals surface area contributed by atoms with Crippen LogP contribution < -0.4 is 10.6 Å². The van der Waals surface area contributed by atoms with E-state index >= 15 is 0 Å². The lowest BCUT2D eigenvalue weighted by molar-refractivity contribution is -0.123. The van der Waals surface area contributed by atoms with Crippen LogP contribution in [0.15, 0.2) is 6.20 Å². The Bertz CT molecular complexity index is 781. The minimum Gasteiger partial charge on any atom is -0.355 e. The van der Waals surface area contributed by atoms with Crippen LogP contribution in [0.1, 0.15) is 56.1 Å².